The molecule has 0 unspecified atom stereocenters. The smallest absolute Gasteiger partial charge is 0.416 e. The first kappa shape index (κ1) is 29.0. The first-order valence-electron chi connectivity index (χ1n) is 13.4. The van der Waals surface area contributed by atoms with Crippen LogP contribution in [0.25, 0.3) is 0 Å². The van der Waals surface area contributed by atoms with Crippen molar-refractivity contribution in [1.29, 1.82) is 0 Å². The first-order valence-corrected chi connectivity index (χ1v) is 13.4. The van der Waals surface area contributed by atoms with Gasteiger partial charge in [0.15, 0.2) is 0 Å². The average Bonchev–Trinajstić information content (AvgIpc) is 3.48. The summed E-state index contributed by atoms with van der Waals surface area (Å²) >= 11 is 0. The number of piperazine rings is 1. The van der Waals surface area contributed by atoms with Gasteiger partial charge in [-0.05, 0) is 48.9 Å². The molecule has 4 aromatic rings. The van der Waals surface area contributed by atoms with Gasteiger partial charge in [0.1, 0.15) is 29.8 Å². The van der Waals surface area contributed by atoms with Crippen LogP contribution in [0.1, 0.15) is 34.0 Å². The molecule has 2 N–H and O–H groups in total. The third kappa shape index (κ3) is 7.22. The lowest BCUT2D eigenvalue weighted by molar-refractivity contribution is -0.138. The molecule has 220 valence electrons. The minimum Gasteiger partial charge on any atom is -0.439 e. The van der Waals surface area contributed by atoms with Crippen molar-refractivity contribution < 1.29 is 27.2 Å². The zero-order valence-corrected chi connectivity index (χ0v) is 23.1. The Morgan fingerprint density at radius 3 is 2.52 bits per heavy atom. The first-order chi connectivity index (χ1) is 20.2. The lowest BCUT2D eigenvalue weighted by Crippen LogP contribution is -2.45. The molecule has 13 heteroatoms. The number of hydrogen-bond acceptors (Lipinski definition) is 9. The minimum absolute atomic E-state index is 0.0511. The fourth-order valence-corrected chi connectivity index (χ4v) is 4.61. The molecule has 1 amide bonds. The van der Waals surface area contributed by atoms with E-state index in [9.17, 15) is 18.0 Å². The van der Waals surface area contributed by atoms with Gasteiger partial charge in [0, 0.05) is 50.0 Å². The van der Waals surface area contributed by atoms with Gasteiger partial charge in [-0.2, -0.15) is 13.2 Å². The van der Waals surface area contributed by atoms with E-state index in [4.69, 9.17) is 9.26 Å². The molecule has 0 atom stereocenters. The Morgan fingerprint density at radius 2 is 1.81 bits per heavy atom. The lowest BCUT2D eigenvalue weighted by Gasteiger charge is -2.34. The van der Waals surface area contributed by atoms with Gasteiger partial charge < -0.3 is 24.8 Å². The van der Waals surface area contributed by atoms with E-state index in [0.717, 1.165) is 31.3 Å². The Hall–Kier alpha value is -4.49. The van der Waals surface area contributed by atoms with Crippen LogP contribution < -0.4 is 15.4 Å². The second kappa shape index (κ2) is 12.6. The van der Waals surface area contributed by atoms with Crippen molar-refractivity contribution in [3.8, 4) is 11.6 Å². The summed E-state index contributed by atoms with van der Waals surface area (Å²) < 4.78 is 52.8. The number of aromatic nitrogens is 3. The van der Waals surface area contributed by atoms with Crippen LogP contribution in [-0.4, -0.2) is 63.6 Å². The van der Waals surface area contributed by atoms with E-state index in [1.54, 1.807) is 25.1 Å². The molecule has 0 bridgehead atoms. The number of nitrogens with zero attached hydrogens (tertiary/aromatic N) is 5. The number of rotatable bonds is 9. The molecule has 0 aliphatic carbocycles. The summed E-state index contributed by atoms with van der Waals surface area (Å²) in [5.74, 6) is 0.425. The fraction of sp³-hybridized carbons (Fsp3) is 0.310. The van der Waals surface area contributed by atoms with Crippen LogP contribution in [0.3, 0.4) is 0 Å². The number of likely N-dealkylation sites (N-methyl/N-ethyl adjacent to an activating group) is 1. The predicted octanol–water partition coefficient (Wildman–Crippen LogP) is 5.72. The highest BCUT2D eigenvalue weighted by Gasteiger charge is 2.34. The molecule has 2 aromatic carbocycles. The van der Waals surface area contributed by atoms with Crippen LogP contribution in [0.5, 0.6) is 11.6 Å². The summed E-state index contributed by atoms with van der Waals surface area (Å²) in [5.41, 5.74) is 0.993. The van der Waals surface area contributed by atoms with Gasteiger partial charge in [-0.3, -0.25) is 9.69 Å². The van der Waals surface area contributed by atoms with Crippen molar-refractivity contribution in [3.63, 3.8) is 0 Å². The second-order valence-corrected chi connectivity index (χ2v) is 9.90. The summed E-state index contributed by atoms with van der Waals surface area (Å²) in [7, 11) is 0. The Labute approximate surface area is 240 Å². The Balaban J connectivity index is 1.29. The van der Waals surface area contributed by atoms with E-state index in [1.807, 2.05) is 4.90 Å². The lowest BCUT2D eigenvalue weighted by atomic mass is 10.0. The maximum atomic E-state index is 14.0. The van der Waals surface area contributed by atoms with Gasteiger partial charge in [-0.15, -0.1) is 0 Å². The van der Waals surface area contributed by atoms with Gasteiger partial charge >= 0.3 is 6.18 Å². The molecule has 1 aliphatic heterocycles. The van der Waals surface area contributed by atoms with Crippen molar-refractivity contribution >= 4 is 23.1 Å². The number of halogens is 3. The maximum absolute atomic E-state index is 14.0. The Morgan fingerprint density at radius 1 is 1.02 bits per heavy atom. The van der Waals surface area contributed by atoms with E-state index < -0.39 is 17.6 Å². The van der Waals surface area contributed by atoms with Crippen molar-refractivity contribution in [2.75, 3.05) is 43.4 Å². The number of hydrogen-bond donors (Lipinski definition) is 2. The third-order valence-corrected chi connectivity index (χ3v) is 6.99. The number of ether oxygens (including phenoxy) is 1. The molecule has 0 radical (unpaired) electrons. The van der Waals surface area contributed by atoms with E-state index in [-0.39, 0.29) is 29.2 Å². The fourth-order valence-electron chi connectivity index (χ4n) is 4.61. The molecule has 0 saturated carbocycles. The molecule has 1 fully saturated rings. The van der Waals surface area contributed by atoms with Gasteiger partial charge in [-0.1, -0.05) is 24.2 Å². The zero-order valence-electron chi connectivity index (χ0n) is 23.1. The van der Waals surface area contributed by atoms with Crippen LogP contribution >= 0.6 is 0 Å². The molecule has 3 heterocycles. The largest absolute Gasteiger partial charge is 0.439 e. The van der Waals surface area contributed by atoms with Crippen molar-refractivity contribution in [2.24, 2.45) is 0 Å². The van der Waals surface area contributed by atoms with E-state index in [0.29, 0.717) is 30.3 Å². The molecular weight excluding hydrogens is 551 g/mol. The third-order valence-electron chi connectivity index (χ3n) is 6.99. The van der Waals surface area contributed by atoms with Gasteiger partial charge in [0.2, 0.25) is 5.88 Å². The van der Waals surface area contributed by atoms with E-state index >= 15 is 0 Å². The molecule has 2 aromatic heterocycles. The van der Waals surface area contributed by atoms with Gasteiger partial charge in [0.05, 0.1) is 11.8 Å². The molecule has 10 nitrogen and oxygen atoms in total. The average molecular weight is 582 g/mol. The maximum Gasteiger partial charge on any atom is 0.416 e. The van der Waals surface area contributed by atoms with Gasteiger partial charge in [0.25, 0.3) is 5.91 Å². The number of nitrogens with one attached hydrogen (secondary N) is 2. The molecule has 5 rings (SSSR count). The molecule has 1 aliphatic rings. The Bertz CT molecular complexity index is 1520. The molecule has 42 heavy (non-hydrogen) atoms. The topological polar surface area (TPSA) is 109 Å². The summed E-state index contributed by atoms with van der Waals surface area (Å²) in [6.07, 6.45) is -0.362. The summed E-state index contributed by atoms with van der Waals surface area (Å²) in [6, 6.07) is 10.3. The molecule has 0 spiro atoms. The second-order valence-electron chi connectivity index (χ2n) is 9.90. The standard InChI is InChI=1S/C29H30F3N7O3/c1-3-38-8-10-39(11-9-38)16-21-6-7-22(13-24(21)29(30,31)32)37-28(40)20-5-4-19(2)25(12-20)42-27-14-26(33-18-34-27)36-23-15-35-41-17-23/h4-7,12-15,17-18H,3,8-11,16H2,1-2H3,(H,37,40)(H,33,34,36). The van der Waals surface area contributed by atoms with Crippen LogP contribution in [0.15, 0.2) is 65.8 Å². The van der Waals surface area contributed by atoms with Crippen LogP contribution in [0.4, 0.5) is 30.4 Å². The van der Waals surface area contributed by atoms with Crippen LogP contribution in [-0.2, 0) is 12.7 Å². The number of carbonyl (C=O) groups excluding carboxylic acids is 1. The van der Waals surface area contributed by atoms with Crippen molar-refractivity contribution in [2.45, 2.75) is 26.6 Å². The highest BCUT2D eigenvalue weighted by atomic mass is 19.4. The van der Waals surface area contributed by atoms with Gasteiger partial charge in [-0.25, -0.2) is 9.97 Å². The minimum atomic E-state index is -4.56. The predicted molar refractivity (Wildman–Crippen MR) is 150 cm³/mol. The highest BCUT2D eigenvalue weighted by Crippen LogP contribution is 2.35. The number of amides is 1. The van der Waals surface area contributed by atoms with Crippen LogP contribution in [0.2, 0.25) is 0 Å². The highest BCUT2D eigenvalue weighted by molar-refractivity contribution is 6.04. The normalized spacial score (nSPS) is 14.5. The molecule has 1 saturated heterocycles. The number of aryl methyl sites for hydroxylation is 1. The van der Waals surface area contributed by atoms with Crippen LogP contribution in [0, 0.1) is 6.92 Å². The number of benzene rings is 2. The number of carbonyl (C=O) groups is 1. The number of alkyl halides is 3. The van der Waals surface area contributed by atoms with Crippen molar-refractivity contribution in [3.05, 3.63) is 83.5 Å². The number of anilines is 3. The Kier molecular flexibility index (Phi) is 8.69. The van der Waals surface area contributed by atoms with Crippen molar-refractivity contribution in [1.82, 2.24) is 24.9 Å². The zero-order chi connectivity index (χ0) is 29.7. The quantitative estimate of drug-likeness (QED) is 0.257. The monoisotopic (exact) mass is 581 g/mol. The summed E-state index contributed by atoms with van der Waals surface area (Å²) in [6.45, 7) is 8.05. The van der Waals surface area contributed by atoms with E-state index in [2.05, 4.69) is 37.6 Å². The molecular formula is C29H30F3N7O3. The SMILES string of the molecule is CCN1CCN(Cc2ccc(NC(=O)c3ccc(C)c(Oc4cc(Nc5cnoc5)ncn4)c3)cc2C(F)(F)F)CC1. The summed E-state index contributed by atoms with van der Waals surface area (Å²) in [4.78, 5) is 25.6. The summed E-state index contributed by atoms with van der Waals surface area (Å²) in [5, 5.41) is 9.20. The van der Waals surface area contributed by atoms with E-state index in [1.165, 1.54) is 37.0 Å².